The van der Waals surface area contributed by atoms with E-state index < -0.39 is 0 Å². The number of nitrogens with zero attached hydrogens (tertiary/aromatic N) is 4. The molecule has 3 rings (SSSR count). The van der Waals surface area contributed by atoms with Crippen LogP contribution in [-0.4, -0.2) is 27.8 Å². The SMILES string of the molecule is CCc1ccc(C(C)NC(=NCc2ccc(OC)cc2)NCc2nnc(C)n2C)cc1. The lowest BCUT2D eigenvalue weighted by Gasteiger charge is -2.19. The Morgan fingerprint density at radius 1 is 1.06 bits per heavy atom. The summed E-state index contributed by atoms with van der Waals surface area (Å²) in [6.45, 7) is 7.33. The van der Waals surface area contributed by atoms with E-state index >= 15 is 0 Å². The van der Waals surface area contributed by atoms with Gasteiger partial charge in [0.25, 0.3) is 0 Å². The second kappa shape index (κ2) is 10.6. The van der Waals surface area contributed by atoms with E-state index in [1.807, 2.05) is 42.8 Å². The highest BCUT2D eigenvalue weighted by atomic mass is 16.5. The zero-order valence-electron chi connectivity index (χ0n) is 19.0. The van der Waals surface area contributed by atoms with Crippen molar-refractivity contribution >= 4 is 5.96 Å². The number of methoxy groups -OCH3 is 1. The van der Waals surface area contributed by atoms with Crippen molar-refractivity contribution in [1.29, 1.82) is 0 Å². The molecule has 0 saturated carbocycles. The normalized spacial score (nSPS) is 12.5. The lowest BCUT2D eigenvalue weighted by atomic mass is 10.1. The fourth-order valence-electron chi connectivity index (χ4n) is 3.15. The molecule has 2 aromatic carbocycles. The second-order valence-corrected chi connectivity index (χ2v) is 7.55. The van der Waals surface area contributed by atoms with E-state index in [9.17, 15) is 0 Å². The number of nitrogens with one attached hydrogen (secondary N) is 2. The van der Waals surface area contributed by atoms with Crippen LogP contribution in [0.5, 0.6) is 5.75 Å². The van der Waals surface area contributed by atoms with Gasteiger partial charge in [-0.25, -0.2) is 4.99 Å². The molecule has 0 bridgehead atoms. The molecule has 0 aliphatic rings. The average Bonchev–Trinajstić information content (AvgIpc) is 3.13. The summed E-state index contributed by atoms with van der Waals surface area (Å²) in [7, 11) is 3.63. The second-order valence-electron chi connectivity index (χ2n) is 7.55. The number of hydrogen-bond donors (Lipinski definition) is 2. The number of guanidine groups is 1. The first kappa shape index (κ1) is 22.3. The molecule has 164 valence electrons. The van der Waals surface area contributed by atoms with E-state index in [-0.39, 0.29) is 6.04 Å². The topological polar surface area (TPSA) is 76.4 Å². The van der Waals surface area contributed by atoms with Crippen LogP contribution < -0.4 is 15.4 Å². The third-order valence-electron chi connectivity index (χ3n) is 5.42. The number of benzene rings is 2. The summed E-state index contributed by atoms with van der Waals surface area (Å²) in [5, 5.41) is 15.3. The number of aromatic nitrogens is 3. The minimum Gasteiger partial charge on any atom is -0.497 e. The molecular formula is C24H32N6O. The van der Waals surface area contributed by atoms with Gasteiger partial charge in [-0.3, -0.25) is 0 Å². The van der Waals surface area contributed by atoms with E-state index in [1.165, 1.54) is 11.1 Å². The molecule has 2 N–H and O–H groups in total. The van der Waals surface area contributed by atoms with Crippen molar-refractivity contribution in [3.05, 3.63) is 76.9 Å². The van der Waals surface area contributed by atoms with Crippen LogP contribution in [0.1, 0.15) is 48.2 Å². The lowest BCUT2D eigenvalue weighted by molar-refractivity contribution is 0.414. The number of hydrogen-bond acceptors (Lipinski definition) is 4. The van der Waals surface area contributed by atoms with Gasteiger partial charge in [-0.15, -0.1) is 10.2 Å². The van der Waals surface area contributed by atoms with Gasteiger partial charge in [0.15, 0.2) is 11.8 Å². The van der Waals surface area contributed by atoms with Gasteiger partial charge < -0.3 is 19.9 Å². The smallest absolute Gasteiger partial charge is 0.192 e. The Kier molecular flexibility index (Phi) is 7.65. The van der Waals surface area contributed by atoms with Crippen LogP contribution in [0.15, 0.2) is 53.5 Å². The van der Waals surface area contributed by atoms with Crippen molar-refractivity contribution in [2.24, 2.45) is 12.0 Å². The Hall–Kier alpha value is -3.35. The van der Waals surface area contributed by atoms with Gasteiger partial charge in [-0.05, 0) is 49.1 Å². The van der Waals surface area contributed by atoms with Crippen LogP contribution in [0.4, 0.5) is 0 Å². The molecule has 7 nitrogen and oxygen atoms in total. The zero-order chi connectivity index (χ0) is 22.2. The zero-order valence-corrected chi connectivity index (χ0v) is 19.0. The molecule has 0 aliphatic heterocycles. The standard InChI is InChI=1S/C24H32N6O/c1-6-19-7-11-21(12-8-19)17(2)27-24(26-16-23-29-28-18(3)30(23)4)25-15-20-9-13-22(31-5)14-10-20/h7-14,17H,6,15-16H2,1-5H3,(H2,25,26,27). The van der Waals surface area contributed by atoms with Crippen molar-refractivity contribution in [2.75, 3.05) is 7.11 Å². The number of rotatable bonds is 8. The van der Waals surface area contributed by atoms with Crippen molar-refractivity contribution in [3.8, 4) is 5.75 Å². The minimum absolute atomic E-state index is 0.106. The van der Waals surface area contributed by atoms with Crippen LogP contribution in [0.2, 0.25) is 0 Å². The first-order valence-electron chi connectivity index (χ1n) is 10.6. The largest absolute Gasteiger partial charge is 0.497 e. The van der Waals surface area contributed by atoms with Crippen LogP contribution in [0.25, 0.3) is 0 Å². The summed E-state index contributed by atoms with van der Waals surface area (Å²) in [5.74, 6) is 3.30. The van der Waals surface area contributed by atoms with E-state index in [0.29, 0.717) is 13.1 Å². The average molecular weight is 421 g/mol. The quantitative estimate of drug-likeness (QED) is 0.429. The van der Waals surface area contributed by atoms with Crippen molar-refractivity contribution in [2.45, 2.75) is 46.3 Å². The van der Waals surface area contributed by atoms with Crippen molar-refractivity contribution in [1.82, 2.24) is 25.4 Å². The van der Waals surface area contributed by atoms with Gasteiger partial charge in [0, 0.05) is 7.05 Å². The Morgan fingerprint density at radius 2 is 1.74 bits per heavy atom. The molecule has 0 spiro atoms. The highest BCUT2D eigenvalue weighted by Crippen LogP contribution is 2.15. The fraction of sp³-hybridized carbons (Fsp3) is 0.375. The van der Waals surface area contributed by atoms with E-state index in [1.54, 1.807) is 7.11 Å². The minimum atomic E-state index is 0.106. The molecule has 1 heterocycles. The molecular weight excluding hydrogens is 388 g/mol. The molecule has 7 heteroatoms. The molecule has 31 heavy (non-hydrogen) atoms. The van der Waals surface area contributed by atoms with Crippen LogP contribution in [0, 0.1) is 6.92 Å². The molecule has 0 radical (unpaired) electrons. The predicted molar refractivity (Wildman–Crippen MR) is 124 cm³/mol. The number of ether oxygens (including phenoxy) is 1. The van der Waals surface area contributed by atoms with Crippen LogP contribution >= 0.6 is 0 Å². The summed E-state index contributed by atoms with van der Waals surface area (Å²) in [5.41, 5.74) is 3.65. The fourth-order valence-corrected chi connectivity index (χ4v) is 3.15. The Bertz CT molecular complexity index is 992. The molecule has 0 fully saturated rings. The number of aliphatic imine (C=N–C) groups is 1. The first-order chi connectivity index (χ1) is 15.0. The summed E-state index contributed by atoms with van der Waals surface area (Å²) in [6.07, 6.45) is 1.04. The molecule has 1 unspecified atom stereocenters. The summed E-state index contributed by atoms with van der Waals surface area (Å²) in [6, 6.07) is 16.8. The van der Waals surface area contributed by atoms with Crippen molar-refractivity contribution < 1.29 is 4.74 Å². The Balaban J connectivity index is 1.73. The van der Waals surface area contributed by atoms with Crippen LogP contribution in [-0.2, 0) is 26.6 Å². The van der Waals surface area contributed by atoms with E-state index in [2.05, 4.69) is 58.9 Å². The molecule has 1 aromatic heterocycles. The maximum absolute atomic E-state index is 5.24. The number of aryl methyl sites for hydroxylation is 2. The third kappa shape index (κ3) is 6.07. The lowest BCUT2D eigenvalue weighted by Crippen LogP contribution is -2.39. The maximum atomic E-state index is 5.24. The molecule has 0 amide bonds. The molecule has 0 aliphatic carbocycles. The summed E-state index contributed by atoms with van der Waals surface area (Å²) >= 11 is 0. The predicted octanol–water partition coefficient (Wildman–Crippen LogP) is 3.69. The van der Waals surface area contributed by atoms with Gasteiger partial charge >= 0.3 is 0 Å². The first-order valence-corrected chi connectivity index (χ1v) is 10.6. The van der Waals surface area contributed by atoms with E-state index in [0.717, 1.165) is 35.3 Å². The molecule has 1 atom stereocenters. The summed E-state index contributed by atoms with van der Waals surface area (Å²) in [4.78, 5) is 4.80. The van der Waals surface area contributed by atoms with E-state index in [4.69, 9.17) is 9.73 Å². The van der Waals surface area contributed by atoms with Gasteiger partial charge in [-0.2, -0.15) is 0 Å². The Morgan fingerprint density at radius 3 is 2.32 bits per heavy atom. The maximum Gasteiger partial charge on any atom is 0.192 e. The summed E-state index contributed by atoms with van der Waals surface area (Å²) < 4.78 is 7.21. The van der Waals surface area contributed by atoms with Gasteiger partial charge in [-0.1, -0.05) is 43.3 Å². The molecule has 0 saturated heterocycles. The van der Waals surface area contributed by atoms with Crippen molar-refractivity contribution in [3.63, 3.8) is 0 Å². The third-order valence-corrected chi connectivity index (χ3v) is 5.42. The monoisotopic (exact) mass is 420 g/mol. The highest BCUT2D eigenvalue weighted by Gasteiger charge is 2.11. The molecule has 3 aromatic rings. The van der Waals surface area contributed by atoms with Gasteiger partial charge in [0.2, 0.25) is 0 Å². The Labute approximate surface area is 184 Å². The van der Waals surface area contributed by atoms with Crippen LogP contribution in [0.3, 0.4) is 0 Å². The van der Waals surface area contributed by atoms with Gasteiger partial charge in [0.05, 0.1) is 26.2 Å². The van der Waals surface area contributed by atoms with Gasteiger partial charge in [0.1, 0.15) is 11.6 Å². The highest BCUT2D eigenvalue weighted by molar-refractivity contribution is 5.80.